The van der Waals surface area contributed by atoms with Crippen LogP contribution in [-0.2, 0) is 0 Å². The average molecular weight is 255 g/mol. The molecule has 0 aliphatic rings. The van der Waals surface area contributed by atoms with Gasteiger partial charge in [0.2, 0.25) is 0 Å². The summed E-state index contributed by atoms with van der Waals surface area (Å²) >= 11 is 0. The molecule has 2 rings (SSSR count). The first-order valence-electron chi connectivity index (χ1n) is 6.22. The number of anilines is 1. The van der Waals surface area contributed by atoms with E-state index in [-0.39, 0.29) is 0 Å². The number of ether oxygens (including phenoxy) is 1. The third-order valence-corrected chi connectivity index (χ3v) is 2.72. The highest BCUT2D eigenvalue weighted by Gasteiger charge is 2.06. The number of nitrogens with two attached hydrogens (primary N) is 1. The van der Waals surface area contributed by atoms with Crippen molar-refractivity contribution >= 4 is 5.82 Å². The summed E-state index contributed by atoms with van der Waals surface area (Å²) in [6, 6.07) is 11.5. The highest BCUT2D eigenvalue weighted by molar-refractivity contribution is 5.67. The summed E-state index contributed by atoms with van der Waals surface area (Å²) in [5, 5.41) is 8.87. The third-order valence-electron chi connectivity index (χ3n) is 2.72. The monoisotopic (exact) mass is 255 g/mol. The third kappa shape index (κ3) is 3.08. The van der Waals surface area contributed by atoms with Gasteiger partial charge < -0.3 is 15.5 Å². The van der Waals surface area contributed by atoms with Crippen molar-refractivity contribution in [1.82, 2.24) is 4.98 Å². The molecule has 0 aliphatic carbocycles. The largest absolute Gasteiger partial charge is 0.493 e. The molecule has 0 aliphatic heterocycles. The lowest BCUT2D eigenvalue weighted by Crippen LogP contribution is -2.04. The van der Waals surface area contributed by atoms with Crippen LogP contribution in [0.25, 0.3) is 11.3 Å². The predicted octanol–water partition coefficient (Wildman–Crippen LogP) is 3.17. The van der Waals surface area contributed by atoms with Crippen LogP contribution in [0.5, 0.6) is 5.75 Å². The Labute approximate surface area is 112 Å². The number of nitrogen functional groups attached to an aromatic ring is 1. The molecule has 0 unspecified atom stereocenters. The Morgan fingerprint density at radius 1 is 1.32 bits per heavy atom. The van der Waals surface area contributed by atoms with Crippen molar-refractivity contribution in [2.45, 2.75) is 13.8 Å². The Balaban J connectivity index is 2.15. The van der Waals surface area contributed by atoms with E-state index in [9.17, 15) is 0 Å². The average Bonchev–Trinajstić information content (AvgIpc) is 2.78. The van der Waals surface area contributed by atoms with Crippen LogP contribution < -0.4 is 10.5 Å². The quantitative estimate of drug-likeness (QED) is 0.881. The minimum atomic E-state index is 0.401. The van der Waals surface area contributed by atoms with Crippen LogP contribution in [0.2, 0.25) is 0 Å². The van der Waals surface area contributed by atoms with Gasteiger partial charge in [0, 0.05) is 5.69 Å². The van der Waals surface area contributed by atoms with E-state index < -0.39 is 0 Å². The number of nitrogens with one attached hydrogen (secondary N) is 1. The molecule has 19 heavy (non-hydrogen) atoms. The lowest BCUT2D eigenvalue weighted by molar-refractivity contribution is 0.271. The van der Waals surface area contributed by atoms with Gasteiger partial charge in [0.05, 0.1) is 12.2 Å². The number of H-pyrrole nitrogens is 1. The maximum atomic E-state index is 8.87. The van der Waals surface area contributed by atoms with Crippen LogP contribution >= 0.6 is 0 Å². The maximum Gasteiger partial charge on any atom is 0.119 e. The van der Waals surface area contributed by atoms with Gasteiger partial charge in [-0.15, -0.1) is 0 Å². The molecule has 3 N–H and O–H groups in total. The molecule has 1 aromatic heterocycles. The molecule has 4 heteroatoms. The zero-order chi connectivity index (χ0) is 13.8. The molecular formula is C15H17N3O. The summed E-state index contributed by atoms with van der Waals surface area (Å²) < 4.78 is 5.62. The molecule has 0 bridgehead atoms. The lowest BCUT2D eigenvalue weighted by atomic mass is 10.1. The van der Waals surface area contributed by atoms with E-state index in [1.807, 2.05) is 30.3 Å². The topological polar surface area (TPSA) is 74.8 Å². The molecule has 1 heterocycles. The van der Waals surface area contributed by atoms with Gasteiger partial charge in [-0.1, -0.05) is 13.8 Å². The summed E-state index contributed by atoms with van der Waals surface area (Å²) in [6.45, 7) is 4.92. The van der Waals surface area contributed by atoms with Crippen molar-refractivity contribution in [1.29, 1.82) is 5.26 Å². The minimum Gasteiger partial charge on any atom is -0.493 e. The molecule has 0 spiro atoms. The molecule has 0 saturated heterocycles. The number of benzene rings is 1. The second kappa shape index (κ2) is 5.49. The molecule has 2 aromatic rings. The molecule has 1 aromatic carbocycles. The normalized spacial score (nSPS) is 10.4. The fourth-order valence-electron chi connectivity index (χ4n) is 1.71. The number of nitrogens with zero attached hydrogens (tertiary/aromatic N) is 1. The van der Waals surface area contributed by atoms with Gasteiger partial charge in [0.25, 0.3) is 0 Å². The van der Waals surface area contributed by atoms with Crippen molar-refractivity contribution in [2.75, 3.05) is 12.3 Å². The Bertz CT molecular complexity index is 591. The second-order valence-electron chi connectivity index (χ2n) is 4.85. The van der Waals surface area contributed by atoms with Crippen LogP contribution in [0.1, 0.15) is 19.4 Å². The summed E-state index contributed by atoms with van der Waals surface area (Å²) in [5.41, 5.74) is 7.98. The summed E-state index contributed by atoms with van der Waals surface area (Å²) in [6.07, 6.45) is 0. The number of nitriles is 1. The number of hydrogen-bond acceptors (Lipinski definition) is 3. The van der Waals surface area contributed by atoms with Gasteiger partial charge in [-0.3, -0.25) is 0 Å². The molecule has 4 nitrogen and oxygen atoms in total. The van der Waals surface area contributed by atoms with Crippen molar-refractivity contribution in [3.05, 3.63) is 35.9 Å². The zero-order valence-electron chi connectivity index (χ0n) is 11.1. The zero-order valence-corrected chi connectivity index (χ0v) is 11.1. The first-order chi connectivity index (χ1) is 9.10. The van der Waals surface area contributed by atoms with Crippen LogP contribution in [0.15, 0.2) is 30.3 Å². The Morgan fingerprint density at radius 2 is 2.00 bits per heavy atom. The Kier molecular flexibility index (Phi) is 3.76. The van der Waals surface area contributed by atoms with E-state index in [1.54, 1.807) is 6.07 Å². The van der Waals surface area contributed by atoms with Crippen LogP contribution in [0, 0.1) is 17.2 Å². The molecule has 0 radical (unpaired) electrons. The summed E-state index contributed by atoms with van der Waals surface area (Å²) in [7, 11) is 0. The molecule has 0 fully saturated rings. The fraction of sp³-hybridized carbons (Fsp3) is 0.267. The standard InChI is InChI=1S/C15H17N3O/c1-10(2)9-19-13-5-3-11(4-6-13)14-7-12(8-16)15(17)18-14/h3-7,10,18H,9,17H2,1-2H3. The molecule has 0 atom stereocenters. The predicted molar refractivity (Wildman–Crippen MR) is 75.7 cm³/mol. The van der Waals surface area contributed by atoms with Crippen LogP contribution in [0.3, 0.4) is 0 Å². The van der Waals surface area contributed by atoms with Crippen molar-refractivity contribution < 1.29 is 4.74 Å². The highest BCUT2D eigenvalue weighted by Crippen LogP contribution is 2.25. The van der Waals surface area contributed by atoms with Crippen LogP contribution in [0.4, 0.5) is 5.82 Å². The first-order valence-corrected chi connectivity index (χ1v) is 6.22. The molecular weight excluding hydrogens is 238 g/mol. The fourth-order valence-corrected chi connectivity index (χ4v) is 1.71. The van der Waals surface area contributed by atoms with E-state index in [2.05, 4.69) is 18.8 Å². The summed E-state index contributed by atoms with van der Waals surface area (Å²) in [4.78, 5) is 3.00. The van der Waals surface area contributed by atoms with Gasteiger partial charge in [0.15, 0.2) is 0 Å². The maximum absolute atomic E-state index is 8.87. The van der Waals surface area contributed by atoms with Crippen molar-refractivity contribution in [2.24, 2.45) is 5.92 Å². The molecule has 0 amide bonds. The van der Waals surface area contributed by atoms with E-state index in [0.29, 0.717) is 23.9 Å². The smallest absolute Gasteiger partial charge is 0.119 e. The van der Waals surface area contributed by atoms with Crippen LogP contribution in [-0.4, -0.2) is 11.6 Å². The second-order valence-corrected chi connectivity index (χ2v) is 4.85. The number of rotatable bonds is 4. The van der Waals surface area contributed by atoms with Gasteiger partial charge in [-0.2, -0.15) is 5.26 Å². The Hall–Kier alpha value is -2.41. The highest BCUT2D eigenvalue weighted by atomic mass is 16.5. The lowest BCUT2D eigenvalue weighted by Gasteiger charge is -2.08. The van der Waals surface area contributed by atoms with Gasteiger partial charge in [-0.25, -0.2) is 0 Å². The first kappa shape index (κ1) is 13.0. The van der Waals surface area contributed by atoms with Gasteiger partial charge >= 0.3 is 0 Å². The number of aromatic amines is 1. The SMILES string of the molecule is CC(C)COc1ccc(-c2cc(C#N)c(N)[nH]2)cc1. The number of hydrogen-bond donors (Lipinski definition) is 2. The van der Waals surface area contributed by atoms with E-state index in [0.717, 1.165) is 17.0 Å². The van der Waals surface area contributed by atoms with Crippen molar-refractivity contribution in [3.63, 3.8) is 0 Å². The van der Waals surface area contributed by atoms with Gasteiger partial charge in [-0.05, 0) is 41.8 Å². The summed E-state index contributed by atoms with van der Waals surface area (Å²) in [5.74, 6) is 1.75. The Morgan fingerprint density at radius 3 is 2.53 bits per heavy atom. The minimum absolute atomic E-state index is 0.401. The molecule has 0 saturated carbocycles. The van der Waals surface area contributed by atoms with E-state index in [4.69, 9.17) is 15.7 Å². The van der Waals surface area contributed by atoms with Gasteiger partial charge in [0.1, 0.15) is 17.6 Å². The molecule has 98 valence electrons. The number of aromatic nitrogens is 1. The van der Waals surface area contributed by atoms with E-state index >= 15 is 0 Å². The van der Waals surface area contributed by atoms with E-state index in [1.165, 1.54) is 0 Å². The van der Waals surface area contributed by atoms with Crippen molar-refractivity contribution in [3.8, 4) is 23.1 Å².